The van der Waals surface area contributed by atoms with Gasteiger partial charge >= 0.3 is 6.03 Å². The molecule has 1 atom stereocenters. The summed E-state index contributed by atoms with van der Waals surface area (Å²) in [5, 5.41) is 5.69. The van der Waals surface area contributed by atoms with Gasteiger partial charge in [-0.1, -0.05) is 12.1 Å². The molecule has 2 aliphatic rings. The second kappa shape index (κ2) is 6.08. The van der Waals surface area contributed by atoms with Gasteiger partial charge in [0, 0.05) is 42.9 Å². The van der Waals surface area contributed by atoms with E-state index in [2.05, 4.69) is 15.6 Å². The maximum atomic E-state index is 12.2. The summed E-state index contributed by atoms with van der Waals surface area (Å²) in [6.07, 6.45) is 0.330. The molecular formula is C18H18N4O3. The zero-order chi connectivity index (χ0) is 17.4. The van der Waals surface area contributed by atoms with Crippen LogP contribution in [0.25, 0.3) is 0 Å². The van der Waals surface area contributed by atoms with E-state index in [1.807, 2.05) is 30.3 Å². The van der Waals surface area contributed by atoms with Crippen LogP contribution in [0.4, 0.5) is 16.2 Å². The van der Waals surface area contributed by atoms with E-state index in [1.165, 1.54) is 0 Å². The van der Waals surface area contributed by atoms with E-state index in [9.17, 15) is 9.59 Å². The third-order valence-electron chi connectivity index (χ3n) is 4.56. The highest BCUT2D eigenvalue weighted by Crippen LogP contribution is 2.38. The van der Waals surface area contributed by atoms with Gasteiger partial charge in [-0.2, -0.15) is 0 Å². The van der Waals surface area contributed by atoms with Crippen molar-refractivity contribution in [1.82, 2.24) is 10.3 Å². The molecule has 128 valence electrons. The van der Waals surface area contributed by atoms with Crippen LogP contribution in [-0.2, 0) is 4.79 Å². The topological polar surface area (TPSA) is 83.6 Å². The number of anilines is 2. The highest BCUT2D eigenvalue weighted by atomic mass is 16.5. The van der Waals surface area contributed by atoms with Crippen LogP contribution < -0.4 is 20.3 Å². The average molecular weight is 338 g/mol. The van der Waals surface area contributed by atoms with Crippen molar-refractivity contribution in [2.24, 2.45) is 0 Å². The Kier molecular flexibility index (Phi) is 3.76. The first-order valence-corrected chi connectivity index (χ1v) is 8.16. The van der Waals surface area contributed by atoms with Crippen LogP contribution in [0, 0.1) is 0 Å². The molecule has 7 heteroatoms. The van der Waals surface area contributed by atoms with Crippen molar-refractivity contribution < 1.29 is 14.3 Å². The largest absolute Gasteiger partial charge is 0.481 e. The number of carbonyl (C=O) groups excluding carboxylic acids is 2. The molecule has 25 heavy (non-hydrogen) atoms. The number of benzene rings is 1. The van der Waals surface area contributed by atoms with E-state index in [0.717, 1.165) is 22.6 Å². The highest BCUT2D eigenvalue weighted by Gasteiger charge is 2.29. The van der Waals surface area contributed by atoms with E-state index in [-0.39, 0.29) is 17.9 Å². The molecule has 3 heterocycles. The number of nitrogens with one attached hydrogen (secondary N) is 2. The molecule has 1 aromatic carbocycles. The van der Waals surface area contributed by atoms with Gasteiger partial charge in [-0.05, 0) is 23.8 Å². The summed E-state index contributed by atoms with van der Waals surface area (Å²) in [6, 6.07) is 11.2. The molecule has 1 saturated heterocycles. The molecule has 2 aliphatic heterocycles. The Balaban J connectivity index is 1.73. The van der Waals surface area contributed by atoms with Crippen molar-refractivity contribution in [2.45, 2.75) is 12.3 Å². The summed E-state index contributed by atoms with van der Waals surface area (Å²) in [4.78, 5) is 30.2. The van der Waals surface area contributed by atoms with Crippen LogP contribution in [0.2, 0.25) is 0 Å². The van der Waals surface area contributed by atoms with Gasteiger partial charge in [0.1, 0.15) is 0 Å². The maximum Gasteiger partial charge on any atom is 0.321 e. The Hall–Kier alpha value is -3.09. The minimum Gasteiger partial charge on any atom is -0.481 e. The first kappa shape index (κ1) is 15.4. The number of hydrogen-bond donors (Lipinski definition) is 2. The number of methoxy groups -OCH3 is 1. The number of amides is 3. The lowest BCUT2D eigenvalue weighted by Gasteiger charge is -2.27. The quantitative estimate of drug-likeness (QED) is 0.898. The van der Waals surface area contributed by atoms with E-state index < -0.39 is 0 Å². The fourth-order valence-corrected chi connectivity index (χ4v) is 3.34. The second-order valence-electron chi connectivity index (χ2n) is 6.06. The van der Waals surface area contributed by atoms with Gasteiger partial charge in [0.05, 0.1) is 12.8 Å². The van der Waals surface area contributed by atoms with Crippen molar-refractivity contribution >= 4 is 23.3 Å². The van der Waals surface area contributed by atoms with Gasteiger partial charge in [0.2, 0.25) is 11.8 Å². The first-order valence-electron chi connectivity index (χ1n) is 8.16. The van der Waals surface area contributed by atoms with Crippen LogP contribution in [0.15, 0.2) is 36.4 Å². The molecule has 3 amide bonds. The Morgan fingerprint density at radius 1 is 1.24 bits per heavy atom. The number of carbonyl (C=O) groups is 2. The van der Waals surface area contributed by atoms with Gasteiger partial charge in [0.25, 0.3) is 0 Å². The van der Waals surface area contributed by atoms with Gasteiger partial charge in [-0.3, -0.25) is 9.69 Å². The fraction of sp³-hybridized carbons (Fsp3) is 0.278. The second-order valence-corrected chi connectivity index (χ2v) is 6.06. The number of fused-ring (bicyclic) bond motifs is 1. The van der Waals surface area contributed by atoms with Gasteiger partial charge in [-0.25, -0.2) is 9.78 Å². The number of nitrogens with zero attached hydrogens (tertiary/aromatic N) is 2. The predicted octanol–water partition coefficient (Wildman–Crippen LogP) is 2.09. The summed E-state index contributed by atoms with van der Waals surface area (Å²) in [5.41, 5.74) is 3.28. The molecule has 2 N–H and O–H groups in total. The average Bonchev–Trinajstić information content (AvgIpc) is 3.06. The molecule has 7 nitrogen and oxygen atoms in total. The van der Waals surface area contributed by atoms with E-state index in [1.54, 1.807) is 18.1 Å². The number of ether oxygens (including phenoxy) is 1. The molecule has 0 aliphatic carbocycles. The minimum atomic E-state index is -0.139. The molecule has 1 unspecified atom stereocenters. The first-order chi connectivity index (χ1) is 12.2. The number of urea groups is 1. The highest BCUT2D eigenvalue weighted by molar-refractivity contribution is 5.98. The molecule has 1 aromatic heterocycles. The number of pyridine rings is 1. The Labute approximate surface area is 145 Å². The third kappa shape index (κ3) is 2.77. The maximum absolute atomic E-state index is 12.2. The molecule has 4 rings (SSSR count). The Morgan fingerprint density at radius 2 is 2.12 bits per heavy atom. The fourth-order valence-electron chi connectivity index (χ4n) is 3.34. The van der Waals surface area contributed by atoms with E-state index in [4.69, 9.17) is 4.74 Å². The summed E-state index contributed by atoms with van der Waals surface area (Å²) in [5.74, 6) is 0.320. The molecule has 0 spiro atoms. The van der Waals surface area contributed by atoms with Crippen molar-refractivity contribution in [3.05, 3.63) is 47.7 Å². The van der Waals surface area contributed by atoms with Crippen LogP contribution >= 0.6 is 0 Å². The number of hydrogen-bond acceptors (Lipinski definition) is 4. The molecular weight excluding hydrogens is 320 g/mol. The number of aromatic nitrogens is 1. The minimum absolute atomic E-state index is 0.0647. The SMILES string of the molecule is COc1cccc(C2CC(=O)Nc3cc(N4CCNC4=O)ccc32)n1. The Morgan fingerprint density at radius 3 is 2.88 bits per heavy atom. The van der Waals surface area contributed by atoms with Crippen LogP contribution in [0.5, 0.6) is 5.88 Å². The molecule has 2 aromatic rings. The normalized spacial score (nSPS) is 19.2. The van der Waals surface area contributed by atoms with Crippen molar-refractivity contribution in [2.75, 3.05) is 30.4 Å². The van der Waals surface area contributed by atoms with Gasteiger partial charge in [0.15, 0.2) is 0 Å². The Bertz CT molecular complexity index is 852. The van der Waals surface area contributed by atoms with Crippen LogP contribution in [0.3, 0.4) is 0 Å². The van der Waals surface area contributed by atoms with E-state index in [0.29, 0.717) is 25.4 Å². The molecule has 1 fully saturated rings. The molecule has 0 bridgehead atoms. The summed E-state index contributed by atoms with van der Waals surface area (Å²) in [6.45, 7) is 1.24. The monoisotopic (exact) mass is 338 g/mol. The lowest BCUT2D eigenvalue weighted by atomic mass is 9.87. The van der Waals surface area contributed by atoms with Crippen molar-refractivity contribution in [3.8, 4) is 5.88 Å². The van der Waals surface area contributed by atoms with Crippen molar-refractivity contribution in [1.29, 1.82) is 0 Å². The van der Waals surface area contributed by atoms with Crippen LogP contribution in [0.1, 0.15) is 23.6 Å². The zero-order valence-electron chi connectivity index (χ0n) is 13.8. The van der Waals surface area contributed by atoms with Crippen LogP contribution in [-0.4, -0.2) is 37.1 Å². The number of rotatable bonds is 3. The van der Waals surface area contributed by atoms with E-state index >= 15 is 0 Å². The summed E-state index contributed by atoms with van der Waals surface area (Å²) >= 11 is 0. The molecule has 0 radical (unpaired) electrons. The smallest absolute Gasteiger partial charge is 0.321 e. The molecule has 0 saturated carbocycles. The zero-order valence-corrected chi connectivity index (χ0v) is 13.8. The lowest BCUT2D eigenvalue weighted by molar-refractivity contribution is -0.116. The standard InChI is InChI=1S/C18H18N4O3/c1-25-17-4-2-3-14(21-17)13-10-16(23)20-15-9-11(5-6-12(13)15)22-8-7-19-18(22)24/h2-6,9,13H,7-8,10H2,1H3,(H,19,24)(H,20,23). The predicted molar refractivity (Wildman–Crippen MR) is 93.1 cm³/mol. The van der Waals surface area contributed by atoms with Crippen molar-refractivity contribution in [3.63, 3.8) is 0 Å². The summed E-state index contributed by atoms with van der Waals surface area (Å²) < 4.78 is 5.20. The third-order valence-corrected chi connectivity index (χ3v) is 4.56. The van der Waals surface area contributed by atoms with Gasteiger partial charge < -0.3 is 15.4 Å². The summed E-state index contributed by atoms with van der Waals surface area (Å²) in [7, 11) is 1.57. The van der Waals surface area contributed by atoms with Gasteiger partial charge in [-0.15, -0.1) is 0 Å². The lowest BCUT2D eigenvalue weighted by Crippen LogP contribution is -2.29.